The minimum absolute atomic E-state index is 0.263. The van der Waals surface area contributed by atoms with Crippen molar-refractivity contribution in [2.45, 2.75) is 25.3 Å². The lowest BCUT2D eigenvalue weighted by Crippen LogP contribution is -2.21. The van der Waals surface area contributed by atoms with Crippen LogP contribution in [-0.4, -0.2) is 16.2 Å². The highest BCUT2D eigenvalue weighted by Gasteiger charge is 2.23. The van der Waals surface area contributed by atoms with Gasteiger partial charge in [-0.05, 0) is 18.1 Å². The first kappa shape index (κ1) is 9.73. The molecule has 0 heterocycles. The third kappa shape index (κ3) is 2.87. The number of hydrogen-bond acceptors (Lipinski definition) is 4. The van der Waals surface area contributed by atoms with Gasteiger partial charge in [-0.2, -0.15) is 0 Å². The van der Waals surface area contributed by atoms with Gasteiger partial charge < -0.3 is 4.89 Å². The summed E-state index contributed by atoms with van der Waals surface area (Å²) in [5.74, 6) is 0. The highest BCUT2D eigenvalue weighted by molar-refractivity contribution is 5.20. The highest BCUT2D eigenvalue weighted by atomic mass is 17.1. The van der Waals surface area contributed by atoms with Crippen molar-refractivity contribution >= 4 is 0 Å². The molecule has 1 rings (SSSR count). The Kier molecular flexibility index (Phi) is 3.45. The molecule has 0 aromatic rings. The van der Waals surface area contributed by atoms with Crippen molar-refractivity contribution in [2.24, 2.45) is 0 Å². The van der Waals surface area contributed by atoms with Crippen molar-refractivity contribution < 1.29 is 15.1 Å². The molecule has 1 N–H and O–H groups in total. The van der Waals surface area contributed by atoms with E-state index in [0.29, 0.717) is 19.3 Å². The first-order chi connectivity index (χ1) is 6.24. The maximum Gasteiger partial charge on any atom is 0.217 e. The van der Waals surface area contributed by atoms with Crippen molar-refractivity contribution in [2.75, 3.05) is 0 Å². The molecule has 0 aromatic carbocycles. The molecule has 1 aliphatic rings. The molecule has 0 saturated heterocycles. The van der Waals surface area contributed by atoms with Crippen LogP contribution in [0.25, 0.3) is 0 Å². The predicted molar refractivity (Wildman–Crippen MR) is 45.6 cm³/mol. The van der Waals surface area contributed by atoms with Crippen LogP contribution < -0.4 is 0 Å². The second kappa shape index (κ2) is 4.61. The average Bonchev–Trinajstić information content (AvgIpc) is 2.15. The summed E-state index contributed by atoms with van der Waals surface area (Å²) in [5, 5.41) is 18.5. The van der Waals surface area contributed by atoms with Gasteiger partial charge >= 0.3 is 0 Å². The Morgan fingerprint density at radius 2 is 2.54 bits per heavy atom. The fourth-order valence-electron chi connectivity index (χ4n) is 1.35. The Balaban J connectivity index is 2.54. The molecule has 5 heteroatoms. The number of hydrogen-bond donors (Lipinski definition) is 1. The van der Waals surface area contributed by atoms with E-state index in [1.165, 1.54) is 6.08 Å². The quantitative estimate of drug-likeness (QED) is 0.314. The van der Waals surface area contributed by atoms with Crippen LogP contribution in [0.1, 0.15) is 19.3 Å². The molecule has 72 valence electrons. The Bertz CT molecular complexity index is 247. The lowest BCUT2D eigenvalue weighted by Gasteiger charge is -2.13. The number of allylic oxidation sites excluding steroid dienone is 2. The molecule has 1 unspecified atom stereocenters. The maximum atomic E-state index is 10.4. The zero-order valence-electron chi connectivity index (χ0n) is 7.05. The zero-order chi connectivity index (χ0) is 9.68. The summed E-state index contributed by atoms with van der Waals surface area (Å²) >= 11 is 0. The zero-order valence-corrected chi connectivity index (χ0v) is 7.05. The van der Waals surface area contributed by atoms with Crippen molar-refractivity contribution in [3.8, 4) is 0 Å². The van der Waals surface area contributed by atoms with E-state index in [0.717, 1.165) is 11.8 Å². The molecule has 0 spiro atoms. The van der Waals surface area contributed by atoms with Crippen LogP contribution in [0, 0.1) is 10.1 Å². The molecule has 0 amide bonds. The van der Waals surface area contributed by atoms with Gasteiger partial charge in [0.15, 0.2) is 0 Å². The van der Waals surface area contributed by atoms with E-state index in [1.54, 1.807) is 0 Å². The SMILES string of the molecule is O=[N+]([O-])C1CCC=C(/C=C/OO)C1. The topological polar surface area (TPSA) is 72.6 Å². The normalized spacial score (nSPS) is 22.8. The summed E-state index contributed by atoms with van der Waals surface area (Å²) in [4.78, 5) is 13.9. The Labute approximate surface area is 75.4 Å². The first-order valence-corrected chi connectivity index (χ1v) is 4.03. The third-order valence-electron chi connectivity index (χ3n) is 2.02. The lowest BCUT2D eigenvalue weighted by molar-refractivity contribution is -0.523. The van der Waals surface area contributed by atoms with E-state index in [-0.39, 0.29) is 4.92 Å². The van der Waals surface area contributed by atoms with Crippen molar-refractivity contribution in [3.05, 3.63) is 34.1 Å². The van der Waals surface area contributed by atoms with Crippen LogP contribution in [0.2, 0.25) is 0 Å². The Morgan fingerprint density at radius 3 is 3.15 bits per heavy atom. The molecule has 0 aromatic heterocycles. The van der Waals surface area contributed by atoms with E-state index in [4.69, 9.17) is 5.26 Å². The molecule has 1 aliphatic carbocycles. The molecule has 13 heavy (non-hydrogen) atoms. The summed E-state index contributed by atoms with van der Waals surface area (Å²) in [5.41, 5.74) is 0.835. The maximum absolute atomic E-state index is 10.4. The van der Waals surface area contributed by atoms with Crippen molar-refractivity contribution in [1.82, 2.24) is 0 Å². The molecular formula is C8H11NO4. The van der Waals surface area contributed by atoms with E-state index in [2.05, 4.69) is 4.89 Å². The summed E-state index contributed by atoms with van der Waals surface area (Å²) in [6, 6.07) is -0.497. The van der Waals surface area contributed by atoms with Crippen LogP contribution in [-0.2, 0) is 4.89 Å². The van der Waals surface area contributed by atoms with E-state index < -0.39 is 6.04 Å². The van der Waals surface area contributed by atoms with Gasteiger partial charge in [0.25, 0.3) is 0 Å². The van der Waals surface area contributed by atoms with Crippen molar-refractivity contribution in [3.63, 3.8) is 0 Å². The minimum atomic E-state index is -0.497. The summed E-state index contributed by atoms with van der Waals surface area (Å²) < 4.78 is 0. The van der Waals surface area contributed by atoms with Gasteiger partial charge in [0.05, 0.1) is 0 Å². The van der Waals surface area contributed by atoms with Crippen LogP contribution in [0.4, 0.5) is 0 Å². The van der Waals surface area contributed by atoms with Gasteiger partial charge in [-0.25, -0.2) is 5.26 Å². The second-order valence-corrected chi connectivity index (χ2v) is 2.91. The summed E-state index contributed by atoms with van der Waals surface area (Å²) in [7, 11) is 0. The standard InChI is InChI=1S/C8H11NO4/c10-9(11)8-3-1-2-7(6-8)4-5-13-12/h2,4-5,8,12H,1,3,6H2/b5-4+. The highest BCUT2D eigenvalue weighted by Crippen LogP contribution is 2.21. The fraction of sp³-hybridized carbons (Fsp3) is 0.500. The fourth-order valence-corrected chi connectivity index (χ4v) is 1.35. The van der Waals surface area contributed by atoms with Gasteiger partial charge in [0, 0.05) is 17.8 Å². The summed E-state index contributed by atoms with van der Waals surface area (Å²) in [6.45, 7) is 0. The van der Waals surface area contributed by atoms with Crippen LogP contribution in [0.3, 0.4) is 0 Å². The first-order valence-electron chi connectivity index (χ1n) is 4.03. The van der Waals surface area contributed by atoms with Gasteiger partial charge in [-0.15, -0.1) is 0 Å². The van der Waals surface area contributed by atoms with E-state index >= 15 is 0 Å². The third-order valence-corrected chi connectivity index (χ3v) is 2.02. The molecule has 0 fully saturated rings. The number of rotatable bonds is 3. The molecule has 0 aliphatic heterocycles. The van der Waals surface area contributed by atoms with Gasteiger partial charge in [-0.3, -0.25) is 10.1 Å². The Morgan fingerprint density at radius 1 is 1.77 bits per heavy atom. The molecule has 0 radical (unpaired) electrons. The molecule has 0 saturated carbocycles. The minimum Gasteiger partial charge on any atom is -0.348 e. The molecule has 0 bridgehead atoms. The van der Waals surface area contributed by atoms with Gasteiger partial charge in [0.2, 0.25) is 6.04 Å². The number of nitrogens with zero attached hydrogens (tertiary/aromatic N) is 1. The summed E-state index contributed by atoms with van der Waals surface area (Å²) in [6.07, 6.45) is 6.26. The second-order valence-electron chi connectivity index (χ2n) is 2.91. The predicted octanol–water partition coefficient (Wildman–Crippen LogP) is 1.75. The molecule has 5 nitrogen and oxygen atoms in total. The van der Waals surface area contributed by atoms with Crippen LogP contribution >= 0.6 is 0 Å². The largest absolute Gasteiger partial charge is 0.348 e. The van der Waals surface area contributed by atoms with Crippen LogP contribution in [0.15, 0.2) is 24.0 Å². The van der Waals surface area contributed by atoms with Crippen molar-refractivity contribution in [1.29, 1.82) is 0 Å². The van der Waals surface area contributed by atoms with Gasteiger partial charge in [0.1, 0.15) is 6.26 Å². The van der Waals surface area contributed by atoms with E-state index in [9.17, 15) is 10.1 Å². The van der Waals surface area contributed by atoms with E-state index in [1.807, 2.05) is 6.08 Å². The smallest absolute Gasteiger partial charge is 0.217 e. The van der Waals surface area contributed by atoms with Gasteiger partial charge in [-0.1, -0.05) is 6.08 Å². The lowest BCUT2D eigenvalue weighted by atomic mass is 9.95. The average molecular weight is 185 g/mol. The van der Waals surface area contributed by atoms with Crippen LogP contribution in [0.5, 0.6) is 0 Å². The Hall–Kier alpha value is -1.36. The number of nitro groups is 1. The molecular weight excluding hydrogens is 174 g/mol. The monoisotopic (exact) mass is 185 g/mol. The molecule has 1 atom stereocenters.